The molecule has 7 heteroatoms. The SMILES string of the molecule is CSc1nnc(SC[C@@H](O)c2ccc(F)cc2)s1. The molecule has 96 valence electrons. The number of thioether (sulfide) groups is 2. The van der Waals surface area contributed by atoms with E-state index in [2.05, 4.69) is 10.2 Å². The van der Waals surface area contributed by atoms with Gasteiger partial charge in [-0.3, -0.25) is 0 Å². The second kappa shape index (κ2) is 6.51. The smallest absolute Gasteiger partial charge is 0.175 e. The van der Waals surface area contributed by atoms with E-state index >= 15 is 0 Å². The molecule has 1 aromatic carbocycles. The first kappa shape index (κ1) is 13.8. The van der Waals surface area contributed by atoms with Gasteiger partial charge in [-0.2, -0.15) is 0 Å². The van der Waals surface area contributed by atoms with Crippen molar-refractivity contribution < 1.29 is 9.50 Å². The van der Waals surface area contributed by atoms with Gasteiger partial charge in [0.15, 0.2) is 8.68 Å². The number of aliphatic hydroxyl groups excluding tert-OH is 1. The van der Waals surface area contributed by atoms with E-state index in [0.717, 1.165) is 8.68 Å². The number of hydrogen-bond donors (Lipinski definition) is 1. The highest BCUT2D eigenvalue weighted by atomic mass is 32.2. The van der Waals surface area contributed by atoms with E-state index in [0.29, 0.717) is 11.3 Å². The average Bonchev–Trinajstić information content (AvgIpc) is 2.85. The van der Waals surface area contributed by atoms with Crippen LogP contribution >= 0.6 is 34.9 Å². The first-order valence-corrected chi connectivity index (χ1v) is 8.15. The van der Waals surface area contributed by atoms with E-state index in [-0.39, 0.29) is 5.82 Å². The van der Waals surface area contributed by atoms with Crippen molar-refractivity contribution >= 4 is 34.9 Å². The predicted molar refractivity (Wildman–Crippen MR) is 73.8 cm³/mol. The fraction of sp³-hybridized carbons (Fsp3) is 0.273. The fourth-order valence-corrected chi connectivity index (χ4v) is 3.70. The molecule has 0 aliphatic heterocycles. The zero-order valence-corrected chi connectivity index (χ0v) is 12.0. The molecule has 18 heavy (non-hydrogen) atoms. The Balaban J connectivity index is 1.91. The summed E-state index contributed by atoms with van der Waals surface area (Å²) in [7, 11) is 0. The van der Waals surface area contributed by atoms with Crippen molar-refractivity contribution in [2.45, 2.75) is 14.8 Å². The molecule has 1 N–H and O–H groups in total. The van der Waals surface area contributed by atoms with Gasteiger partial charge in [-0.05, 0) is 24.0 Å². The van der Waals surface area contributed by atoms with Crippen LogP contribution in [-0.2, 0) is 0 Å². The molecule has 0 radical (unpaired) electrons. The lowest BCUT2D eigenvalue weighted by Gasteiger charge is -2.08. The van der Waals surface area contributed by atoms with Gasteiger partial charge in [-0.1, -0.05) is 47.0 Å². The molecule has 0 aliphatic carbocycles. The maximum atomic E-state index is 12.7. The molecular weight excluding hydrogens is 291 g/mol. The minimum Gasteiger partial charge on any atom is -0.388 e. The zero-order chi connectivity index (χ0) is 13.0. The van der Waals surface area contributed by atoms with Crippen molar-refractivity contribution in [1.29, 1.82) is 0 Å². The van der Waals surface area contributed by atoms with E-state index in [9.17, 15) is 9.50 Å². The summed E-state index contributed by atoms with van der Waals surface area (Å²) in [6.07, 6.45) is 1.32. The maximum absolute atomic E-state index is 12.7. The molecule has 0 bridgehead atoms. The molecular formula is C11H11FN2OS3. The molecule has 0 saturated heterocycles. The summed E-state index contributed by atoms with van der Waals surface area (Å²) in [6.45, 7) is 0. The van der Waals surface area contributed by atoms with Crippen LogP contribution in [0.5, 0.6) is 0 Å². The van der Waals surface area contributed by atoms with Gasteiger partial charge in [0.2, 0.25) is 0 Å². The highest BCUT2D eigenvalue weighted by Crippen LogP contribution is 2.30. The molecule has 1 aromatic heterocycles. The Bertz CT molecular complexity index is 503. The first-order chi connectivity index (χ1) is 8.69. The van der Waals surface area contributed by atoms with E-state index < -0.39 is 6.10 Å². The topological polar surface area (TPSA) is 46.0 Å². The van der Waals surface area contributed by atoms with Crippen molar-refractivity contribution in [2.24, 2.45) is 0 Å². The Hall–Kier alpha value is -0.630. The number of aliphatic hydroxyl groups is 1. The van der Waals surface area contributed by atoms with Crippen LogP contribution in [0.3, 0.4) is 0 Å². The minimum atomic E-state index is -0.628. The highest BCUT2D eigenvalue weighted by Gasteiger charge is 2.10. The molecule has 1 atom stereocenters. The average molecular weight is 302 g/mol. The van der Waals surface area contributed by atoms with Crippen molar-refractivity contribution in [2.75, 3.05) is 12.0 Å². The van der Waals surface area contributed by atoms with Gasteiger partial charge in [0.25, 0.3) is 0 Å². The number of aromatic nitrogens is 2. The number of nitrogens with zero attached hydrogens (tertiary/aromatic N) is 2. The van der Waals surface area contributed by atoms with Gasteiger partial charge < -0.3 is 5.11 Å². The number of halogens is 1. The van der Waals surface area contributed by atoms with Gasteiger partial charge in [0, 0.05) is 5.75 Å². The maximum Gasteiger partial charge on any atom is 0.175 e. The minimum absolute atomic E-state index is 0.299. The van der Waals surface area contributed by atoms with Crippen LogP contribution in [0, 0.1) is 5.82 Å². The molecule has 0 aliphatic rings. The Morgan fingerprint density at radius 2 is 1.94 bits per heavy atom. The van der Waals surface area contributed by atoms with Gasteiger partial charge >= 0.3 is 0 Å². The van der Waals surface area contributed by atoms with E-state index in [1.165, 1.54) is 35.2 Å². The molecule has 0 amide bonds. The lowest BCUT2D eigenvalue weighted by Crippen LogP contribution is -2.00. The van der Waals surface area contributed by atoms with Crippen molar-refractivity contribution in [3.8, 4) is 0 Å². The largest absolute Gasteiger partial charge is 0.388 e. The second-order valence-corrected chi connectivity index (χ2v) is 6.71. The second-order valence-electron chi connectivity index (χ2n) is 3.42. The number of rotatable bonds is 5. The molecule has 0 unspecified atom stereocenters. The van der Waals surface area contributed by atoms with Gasteiger partial charge in [0.1, 0.15) is 5.82 Å². The van der Waals surface area contributed by atoms with Crippen LogP contribution in [-0.4, -0.2) is 27.3 Å². The lowest BCUT2D eigenvalue weighted by molar-refractivity contribution is 0.204. The molecule has 3 nitrogen and oxygen atoms in total. The summed E-state index contributed by atoms with van der Waals surface area (Å²) in [4.78, 5) is 0. The van der Waals surface area contributed by atoms with E-state index in [1.54, 1.807) is 23.9 Å². The van der Waals surface area contributed by atoms with Gasteiger partial charge in [-0.15, -0.1) is 10.2 Å². The third-order valence-corrected chi connectivity index (χ3v) is 5.29. The molecule has 0 fully saturated rings. The van der Waals surface area contributed by atoms with Crippen molar-refractivity contribution in [1.82, 2.24) is 10.2 Å². The van der Waals surface area contributed by atoms with Crippen LogP contribution in [0.4, 0.5) is 4.39 Å². The summed E-state index contributed by atoms with van der Waals surface area (Å²) >= 11 is 4.51. The van der Waals surface area contributed by atoms with Crippen molar-refractivity contribution in [3.05, 3.63) is 35.6 Å². The molecule has 0 spiro atoms. The van der Waals surface area contributed by atoms with E-state index in [1.807, 2.05) is 6.26 Å². The van der Waals surface area contributed by atoms with Crippen LogP contribution in [0.1, 0.15) is 11.7 Å². The Morgan fingerprint density at radius 1 is 1.28 bits per heavy atom. The normalized spacial score (nSPS) is 12.6. The number of hydrogen-bond acceptors (Lipinski definition) is 6. The highest BCUT2D eigenvalue weighted by molar-refractivity contribution is 8.02. The fourth-order valence-electron chi connectivity index (χ4n) is 1.27. The predicted octanol–water partition coefficient (Wildman–Crippen LogP) is 3.22. The Labute approximate surface area is 117 Å². The molecule has 2 aromatic rings. The summed E-state index contributed by atoms with van der Waals surface area (Å²) < 4.78 is 14.5. The van der Waals surface area contributed by atoms with Crippen LogP contribution < -0.4 is 0 Å². The summed E-state index contributed by atoms with van der Waals surface area (Å²) in [5.74, 6) is 0.182. The third kappa shape index (κ3) is 3.68. The monoisotopic (exact) mass is 302 g/mol. The Morgan fingerprint density at radius 3 is 2.56 bits per heavy atom. The van der Waals surface area contributed by atoms with Crippen LogP contribution in [0.25, 0.3) is 0 Å². The molecule has 0 saturated carbocycles. The summed E-state index contributed by atoms with van der Waals surface area (Å²) in [5, 5.41) is 17.9. The van der Waals surface area contributed by atoms with Gasteiger partial charge in [0.05, 0.1) is 6.10 Å². The first-order valence-electron chi connectivity index (χ1n) is 5.13. The zero-order valence-electron chi connectivity index (χ0n) is 9.54. The number of benzene rings is 1. The lowest BCUT2D eigenvalue weighted by atomic mass is 10.1. The van der Waals surface area contributed by atoms with E-state index in [4.69, 9.17) is 0 Å². The molecule has 1 heterocycles. The standard InChI is InChI=1S/C11H11FN2OS3/c1-16-10-13-14-11(18-10)17-6-9(15)7-2-4-8(12)5-3-7/h2-5,9,15H,6H2,1H3/t9-/m1/s1. The molecule has 2 rings (SSSR count). The summed E-state index contributed by atoms with van der Waals surface area (Å²) in [6, 6.07) is 5.88. The quantitative estimate of drug-likeness (QED) is 0.859. The van der Waals surface area contributed by atoms with Crippen molar-refractivity contribution in [3.63, 3.8) is 0 Å². The van der Waals surface area contributed by atoms with Crippen LogP contribution in [0.15, 0.2) is 32.9 Å². The summed E-state index contributed by atoms with van der Waals surface area (Å²) in [5.41, 5.74) is 0.707. The van der Waals surface area contributed by atoms with Crippen LogP contribution in [0.2, 0.25) is 0 Å². The van der Waals surface area contributed by atoms with Gasteiger partial charge in [-0.25, -0.2) is 4.39 Å². The Kier molecular flexibility index (Phi) is 4.99. The third-order valence-electron chi connectivity index (χ3n) is 2.18.